The Morgan fingerprint density at radius 1 is 1.14 bits per heavy atom. The van der Waals surface area contributed by atoms with Gasteiger partial charge in [0.2, 0.25) is 0 Å². The third-order valence-corrected chi connectivity index (χ3v) is 4.71. The molecule has 21 heavy (non-hydrogen) atoms. The molecule has 0 aromatic carbocycles. The average molecular weight is 296 g/mol. The van der Waals surface area contributed by atoms with Crippen molar-refractivity contribution in [1.82, 2.24) is 9.80 Å². The third kappa shape index (κ3) is 4.41. The lowest BCUT2D eigenvalue weighted by Crippen LogP contribution is -2.50. The molecule has 2 heterocycles. The van der Waals surface area contributed by atoms with Crippen molar-refractivity contribution in [2.24, 2.45) is 5.92 Å². The van der Waals surface area contributed by atoms with Crippen LogP contribution in [-0.2, 0) is 14.3 Å². The Morgan fingerprint density at radius 3 is 2.67 bits per heavy atom. The lowest BCUT2D eigenvalue weighted by molar-refractivity contribution is -0.149. The minimum atomic E-state index is -0.209. The molecular formula is C16H28N2O3. The van der Waals surface area contributed by atoms with Crippen molar-refractivity contribution in [3.63, 3.8) is 0 Å². The number of hydrogen-bond donors (Lipinski definition) is 0. The van der Waals surface area contributed by atoms with E-state index in [1.54, 1.807) is 0 Å². The second-order valence-electron chi connectivity index (χ2n) is 6.80. The van der Waals surface area contributed by atoms with Gasteiger partial charge in [-0.1, -0.05) is 0 Å². The van der Waals surface area contributed by atoms with Gasteiger partial charge in [-0.3, -0.25) is 4.79 Å². The zero-order chi connectivity index (χ0) is 14.7. The predicted molar refractivity (Wildman–Crippen MR) is 80.1 cm³/mol. The fourth-order valence-electron chi connectivity index (χ4n) is 3.23. The molecule has 0 aromatic heterocycles. The van der Waals surface area contributed by atoms with Crippen LogP contribution in [0.5, 0.6) is 0 Å². The van der Waals surface area contributed by atoms with Crippen LogP contribution < -0.4 is 0 Å². The van der Waals surface area contributed by atoms with E-state index in [0.29, 0.717) is 5.92 Å². The molecule has 1 saturated carbocycles. The van der Waals surface area contributed by atoms with Crippen molar-refractivity contribution in [1.29, 1.82) is 0 Å². The summed E-state index contributed by atoms with van der Waals surface area (Å²) in [5, 5.41) is 0. The van der Waals surface area contributed by atoms with Crippen LogP contribution in [0.4, 0.5) is 0 Å². The monoisotopic (exact) mass is 296 g/mol. The van der Waals surface area contributed by atoms with Gasteiger partial charge in [0.15, 0.2) is 0 Å². The van der Waals surface area contributed by atoms with Crippen LogP contribution in [0.3, 0.4) is 0 Å². The number of carbonyl (C=O) groups excluding carboxylic acids is 1. The van der Waals surface area contributed by atoms with Gasteiger partial charge < -0.3 is 19.3 Å². The molecular weight excluding hydrogens is 268 g/mol. The van der Waals surface area contributed by atoms with Gasteiger partial charge in [0.25, 0.3) is 5.91 Å². The maximum Gasteiger partial charge on any atom is 0.251 e. The van der Waals surface area contributed by atoms with E-state index in [1.165, 1.54) is 12.8 Å². The molecule has 5 nitrogen and oxygen atoms in total. The zero-order valence-electron chi connectivity index (χ0n) is 13.1. The molecule has 1 aliphatic carbocycles. The molecule has 2 aliphatic heterocycles. The molecule has 2 atom stereocenters. The molecule has 3 fully saturated rings. The molecule has 0 aromatic rings. The van der Waals surface area contributed by atoms with Crippen LogP contribution in [0.25, 0.3) is 0 Å². The topological polar surface area (TPSA) is 42.0 Å². The standard InChI is InChI=1S/C16H28N2O3/c1-17-7-9-20-14(11-17)12-18(10-13-5-6-13)16(19)15-4-2-3-8-21-15/h13-15H,2-12H2,1H3/t14-,15+/m0/s1. The quantitative estimate of drug-likeness (QED) is 0.762. The zero-order valence-corrected chi connectivity index (χ0v) is 13.1. The van der Waals surface area contributed by atoms with Crippen LogP contribution in [0, 0.1) is 5.92 Å². The van der Waals surface area contributed by atoms with Gasteiger partial charge in [0, 0.05) is 32.8 Å². The molecule has 5 heteroatoms. The number of nitrogens with zero attached hydrogens (tertiary/aromatic N) is 2. The SMILES string of the molecule is CN1CCO[C@H](CN(CC2CC2)C(=O)[C@H]2CCCCO2)C1. The molecule has 1 amide bonds. The van der Waals surface area contributed by atoms with E-state index >= 15 is 0 Å². The van der Waals surface area contributed by atoms with Crippen molar-refractivity contribution in [2.75, 3.05) is 46.4 Å². The molecule has 3 rings (SSSR count). The maximum atomic E-state index is 12.7. The van der Waals surface area contributed by atoms with E-state index in [9.17, 15) is 4.79 Å². The van der Waals surface area contributed by atoms with Crippen molar-refractivity contribution in [2.45, 2.75) is 44.3 Å². The van der Waals surface area contributed by atoms with Crippen LogP contribution in [0.1, 0.15) is 32.1 Å². The fourth-order valence-corrected chi connectivity index (χ4v) is 3.23. The second kappa shape index (κ2) is 7.07. The van der Waals surface area contributed by atoms with E-state index in [2.05, 4.69) is 11.9 Å². The van der Waals surface area contributed by atoms with Gasteiger partial charge in [-0.05, 0) is 45.1 Å². The highest BCUT2D eigenvalue weighted by molar-refractivity contribution is 5.81. The van der Waals surface area contributed by atoms with E-state index in [4.69, 9.17) is 9.47 Å². The number of rotatable bonds is 5. The minimum Gasteiger partial charge on any atom is -0.374 e. The summed E-state index contributed by atoms with van der Waals surface area (Å²) in [6.45, 7) is 5.02. The molecule has 0 unspecified atom stereocenters. The van der Waals surface area contributed by atoms with Crippen molar-refractivity contribution in [3.8, 4) is 0 Å². The Labute approximate surface area is 127 Å². The molecule has 3 aliphatic rings. The summed E-state index contributed by atoms with van der Waals surface area (Å²) in [5.41, 5.74) is 0. The molecule has 0 N–H and O–H groups in total. The van der Waals surface area contributed by atoms with Gasteiger partial charge in [0.1, 0.15) is 6.10 Å². The lowest BCUT2D eigenvalue weighted by atomic mass is 10.1. The summed E-state index contributed by atoms with van der Waals surface area (Å²) in [5.74, 6) is 0.900. The number of ether oxygens (including phenoxy) is 2. The second-order valence-corrected chi connectivity index (χ2v) is 6.80. The van der Waals surface area contributed by atoms with Crippen molar-refractivity contribution in [3.05, 3.63) is 0 Å². The van der Waals surface area contributed by atoms with E-state index in [1.807, 2.05) is 4.90 Å². The first kappa shape index (κ1) is 15.3. The Bertz CT molecular complexity index is 353. The van der Waals surface area contributed by atoms with Crippen LogP contribution in [0.15, 0.2) is 0 Å². The predicted octanol–water partition coefficient (Wildman–Crippen LogP) is 1.12. The number of amides is 1. The Morgan fingerprint density at radius 2 is 2.00 bits per heavy atom. The maximum absolute atomic E-state index is 12.7. The summed E-state index contributed by atoms with van der Waals surface area (Å²) in [6.07, 6.45) is 5.54. The van der Waals surface area contributed by atoms with Crippen LogP contribution >= 0.6 is 0 Å². The van der Waals surface area contributed by atoms with Gasteiger partial charge in [-0.15, -0.1) is 0 Å². The third-order valence-electron chi connectivity index (χ3n) is 4.71. The Kier molecular flexibility index (Phi) is 5.14. The van der Waals surface area contributed by atoms with E-state index in [-0.39, 0.29) is 18.1 Å². The van der Waals surface area contributed by atoms with Gasteiger partial charge in [0.05, 0.1) is 12.7 Å². The normalized spacial score (nSPS) is 31.1. The minimum absolute atomic E-state index is 0.148. The highest BCUT2D eigenvalue weighted by atomic mass is 16.5. The van der Waals surface area contributed by atoms with Crippen molar-refractivity contribution >= 4 is 5.91 Å². The Balaban J connectivity index is 1.57. The summed E-state index contributed by atoms with van der Waals surface area (Å²) in [6, 6.07) is 0. The first-order valence-electron chi connectivity index (χ1n) is 8.43. The highest BCUT2D eigenvalue weighted by Gasteiger charge is 2.33. The summed E-state index contributed by atoms with van der Waals surface area (Å²) in [4.78, 5) is 17.1. The average Bonchev–Trinajstić information content (AvgIpc) is 3.31. The fraction of sp³-hybridized carbons (Fsp3) is 0.938. The summed E-state index contributed by atoms with van der Waals surface area (Å²) in [7, 11) is 2.12. The van der Waals surface area contributed by atoms with Gasteiger partial charge in [-0.25, -0.2) is 0 Å². The number of likely N-dealkylation sites (N-methyl/N-ethyl adjacent to an activating group) is 1. The molecule has 2 saturated heterocycles. The smallest absolute Gasteiger partial charge is 0.251 e. The van der Waals surface area contributed by atoms with Crippen molar-refractivity contribution < 1.29 is 14.3 Å². The first-order chi connectivity index (χ1) is 10.2. The summed E-state index contributed by atoms with van der Waals surface area (Å²) < 4.78 is 11.5. The molecule has 0 radical (unpaired) electrons. The molecule has 120 valence electrons. The first-order valence-corrected chi connectivity index (χ1v) is 8.43. The van der Waals surface area contributed by atoms with E-state index < -0.39 is 0 Å². The molecule has 0 bridgehead atoms. The molecule has 0 spiro atoms. The number of carbonyl (C=O) groups is 1. The largest absolute Gasteiger partial charge is 0.374 e. The highest BCUT2D eigenvalue weighted by Crippen LogP contribution is 2.30. The Hall–Kier alpha value is -0.650. The van der Waals surface area contributed by atoms with E-state index in [0.717, 1.165) is 58.7 Å². The lowest BCUT2D eigenvalue weighted by Gasteiger charge is -2.35. The van der Waals surface area contributed by atoms with Crippen LogP contribution in [-0.4, -0.2) is 74.4 Å². The van der Waals surface area contributed by atoms with Crippen LogP contribution in [0.2, 0.25) is 0 Å². The number of hydrogen-bond acceptors (Lipinski definition) is 4. The van der Waals surface area contributed by atoms with Gasteiger partial charge >= 0.3 is 0 Å². The van der Waals surface area contributed by atoms with Gasteiger partial charge in [-0.2, -0.15) is 0 Å². The number of morpholine rings is 1. The summed E-state index contributed by atoms with van der Waals surface area (Å²) >= 11 is 0.